The van der Waals surface area contributed by atoms with Crippen molar-refractivity contribution in [2.45, 2.75) is 12.8 Å². The number of rotatable bonds is 4. The SMILES string of the molecule is O=C(c1ccccc1)C1CCN(C(=O)CN2CSCC2=O)CC1. The standard InChI is InChI=1S/C17H20N2O3S/c20-15(10-19-12-23-11-16(19)21)18-8-6-14(7-9-18)17(22)13-4-2-1-3-5-13/h1-5,14H,6-12H2. The van der Waals surface area contributed by atoms with E-state index in [-0.39, 0.29) is 30.1 Å². The second-order valence-electron chi connectivity index (χ2n) is 5.95. The third-order valence-electron chi connectivity index (χ3n) is 4.43. The van der Waals surface area contributed by atoms with Crippen LogP contribution < -0.4 is 0 Å². The molecule has 122 valence electrons. The van der Waals surface area contributed by atoms with Crippen molar-refractivity contribution in [3.63, 3.8) is 0 Å². The minimum atomic E-state index is -0.00887. The highest BCUT2D eigenvalue weighted by Gasteiger charge is 2.30. The van der Waals surface area contributed by atoms with Crippen LogP contribution in [0.5, 0.6) is 0 Å². The number of benzene rings is 1. The summed E-state index contributed by atoms with van der Waals surface area (Å²) < 4.78 is 0. The number of hydrogen-bond donors (Lipinski definition) is 0. The van der Waals surface area contributed by atoms with Crippen LogP contribution in [0.2, 0.25) is 0 Å². The Morgan fingerprint density at radius 3 is 2.43 bits per heavy atom. The zero-order chi connectivity index (χ0) is 16.2. The van der Waals surface area contributed by atoms with E-state index < -0.39 is 0 Å². The van der Waals surface area contributed by atoms with Gasteiger partial charge in [0.15, 0.2) is 5.78 Å². The van der Waals surface area contributed by atoms with E-state index >= 15 is 0 Å². The molecular formula is C17H20N2O3S. The van der Waals surface area contributed by atoms with Crippen LogP contribution in [-0.4, -0.2) is 58.7 Å². The second-order valence-corrected chi connectivity index (χ2v) is 6.91. The number of thioether (sulfide) groups is 1. The van der Waals surface area contributed by atoms with Crippen LogP contribution in [0.3, 0.4) is 0 Å². The first-order valence-corrected chi connectivity index (χ1v) is 9.03. The van der Waals surface area contributed by atoms with Gasteiger partial charge in [-0.15, -0.1) is 11.8 Å². The molecule has 0 aliphatic carbocycles. The molecule has 2 fully saturated rings. The quantitative estimate of drug-likeness (QED) is 0.787. The molecule has 0 unspecified atom stereocenters. The lowest BCUT2D eigenvalue weighted by atomic mass is 9.89. The molecule has 2 saturated heterocycles. The third-order valence-corrected chi connectivity index (χ3v) is 5.37. The largest absolute Gasteiger partial charge is 0.341 e. The normalized spacial score (nSPS) is 19.2. The summed E-state index contributed by atoms with van der Waals surface area (Å²) in [5, 5.41) is 0. The van der Waals surface area contributed by atoms with E-state index in [2.05, 4.69) is 0 Å². The van der Waals surface area contributed by atoms with Crippen molar-refractivity contribution in [1.82, 2.24) is 9.80 Å². The van der Waals surface area contributed by atoms with Crippen molar-refractivity contribution in [3.05, 3.63) is 35.9 Å². The molecule has 0 aromatic heterocycles. The Kier molecular flexibility index (Phi) is 5.00. The van der Waals surface area contributed by atoms with Gasteiger partial charge in [-0.25, -0.2) is 0 Å². The zero-order valence-corrected chi connectivity index (χ0v) is 13.8. The molecule has 5 nitrogen and oxygen atoms in total. The second kappa shape index (κ2) is 7.17. The van der Waals surface area contributed by atoms with Crippen LogP contribution in [-0.2, 0) is 9.59 Å². The van der Waals surface area contributed by atoms with Crippen molar-refractivity contribution < 1.29 is 14.4 Å². The van der Waals surface area contributed by atoms with E-state index in [0.717, 1.165) is 5.56 Å². The average molecular weight is 332 g/mol. The van der Waals surface area contributed by atoms with Crippen molar-refractivity contribution >= 4 is 29.4 Å². The van der Waals surface area contributed by atoms with Crippen molar-refractivity contribution in [1.29, 1.82) is 0 Å². The van der Waals surface area contributed by atoms with Gasteiger partial charge in [-0.05, 0) is 12.8 Å². The summed E-state index contributed by atoms with van der Waals surface area (Å²) in [4.78, 5) is 39.7. The minimum absolute atomic E-state index is 0.00791. The van der Waals surface area contributed by atoms with Gasteiger partial charge in [0.05, 0.1) is 11.6 Å². The number of hydrogen-bond acceptors (Lipinski definition) is 4. The van der Waals surface area contributed by atoms with Crippen LogP contribution in [0.25, 0.3) is 0 Å². The Morgan fingerprint density at radius 1 is 1.13 bits per heavy atom. The van der Waals surface area contributed by atoms with Gasteiger partial charge in [-0.3, -0.25) is 14.4 Å². The minimum Gasteiger partial charge on any atom is -0.341 e. The highest BCUT2D eigenvalue weighted by molar-refractivity contribution is 8.00. The molecule has 0 N–H and O–H groups in total. The van der Waals surface area contributed by atoms with Crippen LogP contribution in [0.15, 0.2) is 30.3 Å². The molecule has 3 rings (SSSR count). The van der Waals surface area contributed by atoms with Gasteiger partial charge in [0, 0.05) is 24.6 Å². The Morgan fingerprint density at radius 2 is 1.83 bits per heavy atom. The molecule has 2 aliphatic heterocycles. The number of carbonyl (C=O) groups is 3. The number of piperidine rings is 1. The highest BCUT2D eigenvalue weighted by atomic mass is 32.2. The van der Waals surface area contributed by atoms with Crippen molar-refractivity contribution in [2.24, 2.45) is 5.92 Å². The number of likely N-dealkylation sites (tertiary alicyclic amines) is 1. The number of carbonyl (C=O) groups excluding carboxylic acids is 3. The summed E-state index contributed by atoms with van der Waals surface area (Å²) in [6.07, 6.45) is 1.39. The molecule has 0 radical (unpaired) electrons. The van der Waals surface area contributed by atoms with Crippen LogP contribution >= 0.6 is 11.8 Å². The predicted octanol–water partition coefficient (Wildman–Crippen LogP) is 1.64. The topological polar surface area (TPSA) is 57.7 Å². The fourth-order valence-corrected chi connectivity index (χ4v) is 3.94. The van der Waals surface area contributed by atoms with Gasteiger partial charge in [0.2, 0.25) is 11.8 Å². The van der Waals surface area contributed by atoms with Crippen molar-refractivity contribution in [3.8, 4) is 0 Å². The molecule has 23 heavy (non-hydrogen) atoms. The maximum Gasteiger partial charge on any atom is 0.242 e. The molecule has 0 bridgehead atoms. The molecule has 0 atom stereocenters. The van der Waals surface area contributed by atoms with Gasteiger partial charge >= 0.3 is 0 Å². The zero-order valence-electron chi connectivity index (χ0n) is 12.9. The lowest BCUT2D eigenvalue weighted by molar-refractivity contribution is -0.138. The van der Waals surface area contributed by atoms with E-state index in [1.807, 2.05) is 30.3 Å². The number of Topliss-reactive ketones (excluding diaryl/α,β-unsaturated/α-hetero) is 1. The number of nitrogens with zero attached hydrogens (tertiary/aromatic N) is 2. The van der Waals surface area contributed by atoms with E-state index in [1.54, 1.807) is 21.6 Å². The first-order valence-electron chi connectivity index (χ1n) is 7.87. The maximum atomic E-state index is 12.4. The van der Waals surface area contributed by atoms with Gasteiger partial charge in [0.25, 0.3) is 0 Å². The molecule has 2 heterocycles. The van der Waals surface area contributed by atoms with Gasteiger partial charge in [0.1, 0.15) is 6.54 Å². The summed E-state index contributed by atoms with van der Waals surface area (Å²) >= 11 is 1.54. The molecule has 6 heteroatoms. The molecule has 2 amide bonds. The van der Waals surface area contributed by atoms with E-state index in [1.165, 1.54) is 0 Å². The Hall–Kier alpha value is -1.82. The Labute approximate surface area is 140 Å². The molecule has 2 aliphatic rings. The molecule has 0 spiro atoms. The first kappa shape index (κ1) is 16.1. The highest BCUT2D eigenvalue weighted by Crippen LogP contribution is 2.22. The van der Waals surface area contributed by atoms with E-state index in [4.69, 9.17) is 0 Å². The summed E-state index contributed by atoms with van der Waals surface area (Å²) in [6, 6.07) is 9.33. The fraction of sp³-hybridized carbons (Fsp3) is 0.471. The summed E-state index contributed by atoms with van der Waals surface area (Å²) in [5.74, 6) is 1.27. The summed E-state index contributed by atoms with van der Waals surface area (Å²) in [6.45, 7) is 1.36. The third kappa shape index (κ3) is 3.75. The van der Waals surface area contributed by atoms with E-state index in [9.17, 15) is 14.4 Å². The van der Waals surface area contributed by atoms with Gasteiger partial charge in [-0.2, -0.15) is 0 Å². The molecule has 0 saturated carbocycles. The Balaban J connectivity index is 1.51. The van der Waals surface area contributed by atoms with Gasteiger partial charge < -0.3 is 9.80 Å². The van der Waals surface area contributed by atoms with Gasteiger partial charge in [-0.1, -0.05) is 30.3 Å². The lowest BCUT2D eigenvalue weighted by Gasteiger charge is -2.32. The lowest BCUT2D eigenvalue weighted by Crippen LogP contribution is -2.45. The maximum absolute atomic E-state index is 12.4. The number of amides is 2. The Bertz CT molecular complexity index is 597. The first-order chi connectivity index (χ1) is 11.1. The molecular weight excluding hydrogens is 312 g/mol. The van der Waals surface area contributed by atoms with Crippen molar-refractivity contribution in [2.75, 3.05) is 31.3 Å². The van der Waals surface area contributed by atoms with Crippen LogP contribution in [0, 0.1) is 5.92 Å². The smallest absolute Gasteiger partial charge is 0.242 e. The van der Waals surface area contributed by atoms with Crippen LogP contribution in [0.1, 0.15) is 23.2 Å². The van der Waals surface area contributed by atoms with Crippen LogP contribution in [0.4, 0.5) is 0 Å². The van der Waals surface area contributed by atoms with E-state index in [0.29, 0.717) is 37.6 Å². The summed E-state index contributed by atoms with van der Waals surface area (Å²) in [7, 11) is 0. The summed E-state index contributed by atoms with van der Waals surface area (Å²) in [5.41, 5.74) is 0.747. The fourth-order valence-electron chi connectivity index (χ4n) is 3.03. The monoisotopic (exact) mass is 332 g/mol. The molecule has 1 aromatic carbocycles. The molecule has 1 aromatic rings. The average Bonchev–Trinajstić information content (AvgIpc) is 3.00. The number of ketones is 1. The predicted molar refractivity (Wildman–Crippen MR) is 89.1 cm³/mol.